The Balaban J connectivity index is 2.41. The topological polar surface area (TPSA) is 33.2 Å². The standard InChI is InChI=1S/C11H8ClF3N2OS/c1-6(18)10-17(2-3-19-10)9-4-7(11(13,14)15)8(12)5-16-9/h2-5,10H,1H3. The van der Waals surface area contributed by atoms with Gasteiger partial charge in [-0.1, -0.05) is 23.4 Å². The number of pyridine rings is 1. The molecule has 2 heterocycles. The van der Waals surface area contributed by atoms with Crippen LogP contribution in [0.1, 0.15) is 12.5 Å². The maximum atomic E-state index is 12.8. The monoisotopic (exact) mass is 308 g/mol. The minimum atomic E-state index is -4.56. The van der Waals surface area contributed by atoms with Gasteiger partial charge in [-0.25, -0.2) is 4.98 Å². The summed E-state index contributed by atoms with van der Waals surface area (Å²) in [6, 6.07) is 0.842. The molecule has 102 valence electrons. The van der Waals surface area contributed by atoms with E-state index < -0.39 is 22.1 Å². The lowest BCUT2D eigenvalue weighted by molar-refractivity contribution is -0.137. The van der Waals surface area contributed by atoms with Crippen LogP contribution in [0.4, 0.5) is 19.0 Å². The van der Waals surface area contributed by atoms with Gasteiger partial charge in [0, 0.05) is 12.4 Å². The predicted octanol–water partition coefficient (Wildman–Crippen LogP) is 3.69. The number of carbonyl (C=O) groups excluding carboxylic acids is 1. The second kappa shape index (κ2) is 5.05. The van der Waals surface area contributed by atoms with Gasteiger partial charge in [-0.3, -0.25) is 4.79 Å². The fourth-order valence-corrected chi connectivity index (χ4v) is 2.65. The smallest absolute Gasteiger partial charge is 0.313 e. The van der Waals surface area contributed by atoms with Crippen molar-refractivity contribution in [2.75, 3.05) is 4.90 Å². The molecule has 3 nitrogen and oxygen atoms in total. The first-order chi connectivity index (χ1) is 8.80. The molecule has 0 fully saturated rings. The molecule has 8 heteroatoms. The molecular weight excluding hydrogens is 301 g/mol. The molecule has 0 radical (unpaired) electrons. The molecule has 0 saturated carbocycles. The highest BCUT2D eigenvalue weighted by molar-refractivity contribution is 8.03. The minimum absolute atomic E-state index is 0.0400. The summed E-state index contributed by atoms with van der Waals surface area (Å²) >= 11 is 6.71. The van der Waals surface area contributed by atoms with Gasteiger partial charge in [0.1, 0.15) is 11.2 Å². The van der Waals surface area contributed by atoms with Gasteiger partial charge in [-0.2, -0.15) is 13.2 Å². The molecule has 0 bridgehead atoms. The van der Waals surface area contributed by atoms with Gasteiger partial charge in [-0.05, 0) is 18.4 Å². The number of anilines is 1. The van der Waals surface area contributed by atoms with Crippen LogP contribution in [0.5, 0.6) is 0 Å². The van der Waals surface area contributed by atoms with E-state index in [4.69, 9.17) is 11.6 Å². The van der Waals surface area contributed by atoms with Crippen molar-refractivity contribution in [1.29, 1.82) is 0 Å². The number of alkyl halides is 3. The number of nitrogens with zero attached hydrogens (tertiary/aromatic N) is 2. The molecule has 0 amide bonds. The molecule has 1 unspecified atom stereocenters. The highest BCUT2D eigenvalue weighted by Gasteiger charge is 2.35. The van der Waals surface area contributed by atoms with Gasteiger partial charge in [0.05, 0.1) is 10.6 Å². The Labute approximate surface area is 116 Å². The summed E-state index contributed by atoms with van der Waals surface area (Å²) in [6.07, 6.45) is -2.10. The van der Waals surface area contributed by atoms with E-state index in [1.807, 2.05) is 0 Å². The number of hydrogen-bond acceptors (Lipinski definition) is 4. The summed E-state index contributed by atoms with van der Waals surface area (Å²) in [5.74, 6) is -0.126. The van der Waals surface area contributed by atoms with Crippen LogP contribution in [0.2, 0.25) is 5.02 Å². The number of carbonyl (C=O) groups is 1. The second-order valence-corrected chi connectivity index (χ2v) is 5.21. The molecule has 2 rings (SSSR count). The molecule has 1 aromatic heterocycles. The first kappa shape index (κ1) is 14.2. The van der Waals surface area contributed by atoms with Crippen LogP contribution in [0.25, 0.3) is 0 Å². The van der Waals surface area contributed by atoms with Crippen LogP contribution in [0.3, 0.4) is 0 Å². The van der Waals surface area contributed by atoms with Crippen molar-refractivity contribution in [1.82, 2.24) is 4.98 Å². The van der Waals surface area contributed by atoms with E-state index in [9.17, 15) is 18.0 Å². The Morgan fingerprint density at radius 3 is 2.79 bits per heavy atom. The van der Waals surface area contributed by atoms with Crippen molar-refractivity contribution < 1.29 is 18.0 Å². The van der Waals surface area contributed by atoms with Crippen LogP contribution in [-0.4, -0.2) is 16.1 Å². The van der Waals surface area contributed by atoms with Gasteiger partial charge in [0.25, 0.3) is 0 Å². The Hall–Kier alpha value is -1.21. The van der Waals surface area contributed by atoms with E-state index in [0.29, 0.717) is 0 Å². The third-order valence-electron chi connectivity index (χ3n) is 2.44. The summed E-state index contributed by atoms with van der Waals surface area (Å²) in [4.78, 5) is 16.6. The summed E-state index contributed by atoms with van der Waals surface area (Å²) in [5.41, 5.74) is -0.966. The van der Waals surface area contributed by atoms with Gasteiger partial charge in [0.2, 0.25) is 0 Å². The van der Waals surface area contributed by atoms with E-state index in [2.05, 4.69) is 4.98 Å². The summed E-state index contributed by atoms with van der Waals surface area (Å²) in [7, 11) is 0. The molecule has 1 aromatic rings. The average Bonchev–Trinajstić information content (AvgIpc) is 2.77. The van der Waals surface area contributed by atoms with E-state index in [0.717, 1.165) is 12.3 Å². The van der Waals surface area contributed by atoms with Crippen LogP contribution >= 0.6 is 23.4 Å². The normalized spacial score (nSPS) is 19.0. The Morgan fingerprint density at radius 2 is 2.21 bits per heavy atom. The van der Waals surface area contributed by atoms with E-state index in [-0.39, 0.29) is 11.6 Å². The Kier molecular flexibility index (Phi) is 3.78. The van der Waals surface area contributed by atoms with E-state index >= 15 is 0 Å². The molecule has 1 aliphatic rings. The van der Waals surface area contributed by atoms with Crippen molar-refractivity contribution in [3.8, 4) is 0 Å². The molecule has 0 spiro atoms. The third kappa shape index (κ3) is 2.87. The number of rotatable bonds is 2. The zero-order valence-electron chi connectivity index (χ0n) is 9.61. The highest BCUT2D eigenvalue weighted by Crippen LogP contribution is 2.38. The lowest BCUT2D eigenvalue weighted by Crippen LogP contribution is -2.31. The Bertz CT molecular complexity index is 547. The number of halogens is 4. The van der Waals surface area contributed by atoms with Crippen molar-refractivity contribution in [3.63, 3.8) is 0 Å². The van der Waals surface area contributed by atoms with Crippen LogP contribution in [0, 0.1) is 0 Å². The van der Waals surface area contributed by atoms with Crippen molar-refractivity contribution in [2.45, 2.75) is 18.5 Å². The largest absolute Gasteiger partial charge is 0.418 e. The molecule has 0 saturated heterocycles. The number of Topliss-reactive ketones (excluding diaryl/α,β-unsaturated/α-hetero) is 1. The molecule has 0 aliphatic carbocycles. The fraction of sp³-hybridized carbons (Fsp3) is 0.273. The zero-order chi connectivity index (χ0) is 14.2. The third-order valence-corrected chi connectivity index (χ3v) is 3.84. The number of ketones is 1. The summed E-state index contributed by atoms with van der Waals surface area (Å²) in [6.45, 7) is 1.37. The summed E-state index contributed by atoms with van der Waals surface area (Å²) < 4.78 is 38.3. The molecular formula is C11H8ClF3N2OS. The van der Waals surface area contributed by atoms with Crippen LogP contribution in [-0.2, 0) is 11.0 Å². The maximum absolute atomic E-state index is 12.8. The molecule has 1 atom stereocenters. The number of hydrogen-bond donors (Lipinski definition) is 0. The zero-order valence-corrected chi connectivity index (χ0v) is 11.2. The quantitative estimate of drug-likeness (QED) is 0.834. The average molecular weight is 309 g/mol. The highest BCUT2D eigenvalue weighted by atomic mass is 35.5. The number of aromatic nitrogens is 1. The SMILES string of the molecule is CC(=O)C1SC=CN1c1cc(C(F)(F)F)c(Cl)cn1. The van der Waals surface area contributed by atoms with E-state index in [1.54, 1.807) is 5.41 Å². The van der Waals surface area contributed by atoms with Gasteiger partial charge >= 0.3 is 6.18 Å². The fourth-order valence-electron chi connectivity index (χ4n) is 1.59. The second-order valence-electron chi connectivity index (χ2n) is 3.81. The van der Waals surface area contributed by atoms with Gasteiger partial charge < -0.3 is 4.90 Å². The van der Waals surface area contributed by atoms with Gasteiger partial charge in [0.15, 0.2) is 5.78 Å². The minimum Gasteiger partial charge on any atom is -0.313 e. The van der Waals surface area contributed by atoms with Crippen molar-refractivity contribution >= 4 is 35.0 Å². The van der Waals surface area contributed by atoms with Crippen LogP contribution < -0.4 is 4.90 Å². The van der Waals surface area contributed by atoms with E-state index in [1.165, 1.54) is 29.8 Å². The lowest BCUT2D eigenvalue weighted by atomic mass is 10.2. The maximum Gasteiger partial charge on any atom is 0.418 e. The summed E-state index contributed by atoms with van der Waals surface area (Å²) in [5, 5.41) is 0.580. The molecule has 0 aromatic carbocycles. The molecule has 1 aliphatic heterocycles. The molecule has 0 N–H and O–H groups in total. The first-order valence-electron chi connectivity index (χ1n) is 5.14. The Morgan fingerprint density at radius 1 is 1.53 bits per heavy atom. The lowest BCUT2D eigenvalue weighted by Gasteiger charge is -2.22. The van der Waals surface area contributed by atoms with Crippen molar-refractivity contribution in [3.05, 3.63) is 34.5 Å². The van der Waals surface area contributed by atoms with Crippen LogP contribution in [0.15, 0.2) is 23.9 Å². The predicted molar refractivity (Wildman–Crippen MR) is 67.9 cm³/mol. The van der Waals surface area contributed by atoms with Crippen molar-refractivity contribution in [2.24, 2.45) is 0 Å². The molecule has 19 heavy (non-hydrogen) atoms. The number of thioether (sulfide) groups is 1. The first-order valence-corrected chi connectivity index (χ1v) is 6.46. The van der Waals surface area contributed by atoms with Gasteiger partial charge in [-0.15, -0.1) is 0 Å².